The quantitative estimate of drug-likeness (QED) is 0.698. The summed E-state index contributed by atoms with van der Waals surface area (Å²) >= 11 is 7.64. The molecule has 3 aromatic rings. The Balaban J connectivity index is 1.84. The zero-order valence-corrected chi connectivity index (χ0v) is 16.5. The number of hydrogen-bond donors (Lipinski definition) is 1. The van der Waals surface area contributed by atoms with Crippen molar-refractivity contribution in [3.05, 3.63) is 70.4 Å². The molecule has 2 heterocycles. The Morgan fingerprint density at radius 3 is 2.56 bits per heavy atom. The smallest absolute Gasteiger partial charge is 0.235 e. The van der Waals surface area contributed by atoms with E-state index in [9.17, 15) is 4.79 Å². The van der Waals surface area contributed by atoms with E-state index in [2.05, 4.69) is 5.32 Å². The van der Waals surface area contributed by atoms with Crippen molar-refractivity contribution in [3.8, 4) is 11.4 Å². The van der Waals surface area contributed by atoms with Crippen molar-refractivity contribution in [1.29, 1.82) is 0 Å². The number of carbonyl (C=O) groups excluding carboxylic acids is 1. The number of fused-ring (bicyclic) bond motifs is 1. The summed E-state index contributed by atoms with van der Waals surface area (Å²) in [6.07, 6.45) is 0. The van der Waals surface area contributed by atoms with E-state index in [-0.39, 0.29) is 11.2 Å². The highest BCUT2D eigenvalue weighted by molar-refractivity contribution is 8.00. The van der Waals surface area contributed by atoms with Crippen molar-refractivity contribution in [2.45, 2.75) is 12.2 Å². The first-order chi connectivity index (χ1) is 13.1. The Bertz CT molecular complexity index is 984. The van der Waals surface area contributed by atoms with Crippen LogP contribution in [0.3, 0.4) is 0 Å². The van der Waals surface area contributed by atoms with Crippen molar-refractivity contribution in [2.24, 2.45) is 0 Å². The Morgan fingerprint density at radius 1 is 1.19 bits per heavy atom. The number of benzene rings is 2. The summed E-state index contributed by atoms with van der Waals surface area (Å²) in [4.78, 5) is 12.4. The van der Waals surface area contributed by atoms with Crippen LogP contribution in [0, 0.1) is 6.92 Å². The second kappa shape index (κ2) is 7.29. The fourth-order valence-electron chi connectivity index (χ4n) is 3.19. The average molecular weight is 400 g/mol. The van der Waals surface area contributed by atoms with Gasteiger partial charge in [-0.05, 0) is 48.9 Å². The average Bonchev–Trinajstić information content (AvgIpc) is 2.88. The molecule has 27 heavy (non-hydrogen) atoms. The molecule has 5 nitrogen and oxygen atoms in total. The lowest BCUT2D eigenvalue weighted by atomic mass is 10.0. The van der Waals surface area contributed by atoms with Crippen LogP contribution in [0.4, 0.5) is 5.82 Å². The predicted molar refractivity (Wildman–Crippen MR) is 109 cm³/mol. The molecule has 0 bridgehead atoms. The summed E-state index contributed by atoms with van der Waals surface area (Å²) in [6.45, 7) is 1.97. The molecule has 1 N–H and O–H groups in total. The number of anilines is 1. The predicted octanol–water partition coefficient (Wildman–Crippen LogP) is 4.62. The molecule has 138 valence electrons. The van der Waals surface area contributed by atoms with Crippen LogP contribution in [0.5, 0.6) is 5.75 Å². The molecule has 0 saturated carbocycles. The van der Waals surface area contributed by atoms with Gasteiger partial charge in [-0.15, -0.1) is 11.8 Å². The second-order valence-corrected chi connectivity index (χ2v) is 7.78. The number of nitrogens with one attached hydrogen (secondary N) is 1. The van der Waals surface area contributed by atoms with Crippen LogP contribution in [-0.4, -0.2) is 28.6 Å². The van der Waals surface area contributed by atoms with Gasteiger partial charge in [0.15, 0.2) is 0 Å². The number of hydrogen-bond acceptors (Lipinski definition) is 4. The number of aryl methyl sites for hydroxylation is 1. The molecule has 0 fully saturated rings. The van der Waals surface area contributed by atoms with Crippen LogP contribution in [0.1, 0.15) is 22.1 Å². The molecule has 0 spiro atoms. The summed E-state index contributed by atoms with van der Waals surface area (Å²) in [7, 11) is 1.63. The Labute approximate surface area is 166 Å². The van der Waals surface area contributed by atoms with Gasteiger partial charge in [0.25, 0.3) is 0 Å². The molecule has 1 aromatic heterocycles. The maximum atomic E-state index is 12.4. The number of nitrogens with zero attached hydrogens (tertiary/aromatic N) is 2. The SMILES string of the molecule is COc1ccc(-n2nc(C)c3c2NC(=O)CSC3c2ccc(Cl)cc2)cc1. The first-order valence-electron chi connectivity index (χ1n) is 8.47. The van der Waals surface area contributed by atoms with Gasteiger partial charge in [0.1, 0.15) is 11.6 Å². The summed E-state index contributed by atoms with van der Waals surface area (Å²) in [5.74, 6) is 1.83. The number of ether oxygens (including phenoxy) is 1. The van der Waals surface area contributed by atoms with Crippen LogP contribution < -0.4 is 10.1 Å². The molecule has 7 heteroatoms. The van der Waals surface area contributed by atoms with Crippen molar-refractivity contribution in [1.82, 2.24) is 9.78 Å². The minimum Gasteiger partial charge on any atom is -0.497 e. The largest absolute Gasteiger partial charge is 0.497 e. The van der Waals surface area contributed by atoms with Gasteiger partial charge in [0, 0.05) is 10.6 Å². The summed E-state index contributed by atoms with van der Waals surface area (Å²) in [5.41, 5.74) is 3.86. The summed E-state index contributed by atoms with van der Waals surface area (Å²) in [6, 6.07) is 15.4. The van der Waals surface area contributed by atoms with E-state index in [1.807, 2.05) is 55.5 Å². The van der Waals surface area contributed by atoms with Crippen LogP contribution in [-0.2, 0) is 4.79 Å². The number of carbonyl (C=O) groups is 1. The van der Waals surface area contributed by atoms with Gasteiger partial charge in [-0.1, -0.05) is 23.7 Å². The molecule has 0 saturated heterocycles. The molecule has 1 aliphatic heterocycles. The van der Waals surface area contributed by atoms with Crippen molar-refractivity contribution in [3.63, 3.8) is 0 Å². The highest BCUT2D eigenvalue weighted by atomic mass is 35.5. The molecule has 2 aromatic carbocycles. The van der Waals surface area contributed by atoms with Crippen molar-refractivity contribution >= 4 is 35.1 Å². The van der Waals surface area contributed by atoms with Gasteiger partial charge in [-0.3, -0.25) is 4.79 Å². The third kappa shape index (κ3) is 3.42. The van der Waals surface area contributed by atoms with Gasteiger partial charge in [-0.25, -0.2) is 4.68 Å². The second-order valence-electron chi connectivity index (χ2n) is 6.25. The number of methoxy groups -OCH3 is 1. The maximum absolute atomic E-state index is 12.4. The highest BCUT2D eigenvalue weighted by Crippen LogP contribution is 2.44. The zero-order valence-electron chi connectivity index (χ0n) is 14.9. The molecule has 4 rings (SSSR count). The van der Waals surface area contributed by atoms with Crippen LogP contribution >= 0.6 is 23.4 Å². The summed E-state index contributed by atoms with van der Waals surface area (Å²) in [5, 5.41) is 8.44. The highest BCUT2D eigenvalue weighted by Gasteiger charge is 2.30. The van der Waals surface area contributed by atoms with Gasteiger partial charge < -0.3 is 10.1 Å². The van der Waals surface area contributed by atoms with E-state index in [0.717, 1.165) is 28.3 Å². The Hall–Kier alpha value is -2.44. The van der Waals surface area contributed by atoms with E-state index in [4.69, 9.17) is 21.4 Å². The molecule has 1 aliphatic rings. The van der Waals surface area contributed by atoms with E-state index >= 15 is 0 Å². The Morgan fingerprint density at radius 2 is 1.89 bits per heavy atom. The van der Waals surface area contributed by atoms with Crippen LogP contribution in [0.2, 0.25) is 5.02 Å². The monoisotopic (exact) mass is 399 g/mol. The fourth-order valence-corrected chi connectivity index (χ4v) is 4.51. The topological polar surface area (TPSA) is 56.1 Å². The summed E-state index contributed by atoms with van der Waals surface area (Å²) < 4.78 is 7.02. The standard InChI is InChI=1S/C20H18ClN3O2S/c1-12-18-19(13-3-5-14(21)6-4-13)27-11-17(25)22-20(18)24(23-12)15-7-9-16(26-2)10-8-15/h3-10,19H,11H2,1-2H3,(H,22,25). The molecular formula is C20H18ClN3O2S. The van der Waals surface area contributed by atoms with E-state index < -0.39 is 0 Å². The molecule has 1 amide bonds. The maximum Gasteiger partial charge on any atom is 0.235 e. The van der Waals surface area contributed by atoms with Gasteiger partial charge in [0.2, 0.25) is 5.91 Å². The molecular weight excluding hydrogens is 382 g/mol. The molecule has 0 aliphatic carbocycles. The number of aromatic nitrogens is 2. The number of halogens is 1. The zero-order chi connectivity index (χ0) is 19.0. The normalized spacial score (nSPS) is 16.4. The van der Waals surface area contributed by atoms with Gasteiger partial charge in [-0.2, -0.15) is 5.10 Å². The third-order valence-electron chi connectivity index (χ3n) is 4.50. The number of thioether (sulfide) groups is 1. The number of amides is 1. The van der Waals surface area contributed by atoms with E-state index in [1.54, 1.807) is 23.6 Å². The lowest BCUT2D eigenvalue weighted by Crippen LogP contribution is -2.15. The lowest BCUT2D eigenvalue weighted by molar-refractivity contribution is -0.113. The van der Waals surface area contributed by atoms with Gasteiger partial charge in [0.05, 0.1) is 29.5 Å². The minimum absolute atomic E-state index is 0.00298. The molecule has 0 radical (unpaired) electrons. The van der Waals surface area contributed by atoms with Crippen LogP contribution in [0.15, 0.2) is 48.5 Å². The lowest BCUT2D eigenvalue weighted by Gasteiger charge is -2.15. The Kier molecular flexibility index (Phi) is 4.85. The van der Waals surface area contributed by atoms with Gasteiger partial charge >= 0.3 is 0 Å². The number of rotatable bonds is 3. The minimum atomic E-state index is -0.0348. The van der Waals surface area contributed by atoms with E-state index in [0.29, 0.717) is 16.6 Å². The third-order valence-corrected chi connectivity index (χ3v) is 6.02. The molecule has 1 unspecified atom stereocenters. The van der Waals surface area contributed by atoms with Crippen LogP contribution in [0.25, 0.3) is 5.69 Å². The van der Waals surface area contributed by atoms with Crippen molar-refractivity contribution < 1.29 is 9.53 Å². The first kappa shape index (κ1) is 17.9. The van der Waals surface area contributed by atoms with E-state index in [1.165, 1.54) is 0 Å². The first-order valence-corrected chi connectivity index (χ1v) is 9.90. The van der Waals surface area contributed by atoms with Crippen molar-refractivity contribution in [2.75, 3.05) is 18.2 Å². The fraction of sp³-hybridized carbons (Fsp3) is 0.200. The molecule has 1 atom stereocenters.